The molecule has 0 aromatic heterocycles. The van der Waals surface area contributed by atoms with E-state index in [0.717, 1.165) is 0 Å². The maximum Gasteiger partial charge on any atom is 0.267 e. The Morgan fingerprint density at radius 1 is 1.56 bits per heavy atom. The lowest BCUT2D eigenvalue weighted by molar-refractivity contribution is -0.148. The van der Waals surface area contributed by atoms with Crippen LogP contribution < -0.4 is 5.73 Å². The smallest absolute Gasteiger partial charge is 0.267 e. The number of amides is 1. The van der Waals surface area contributed by atoms with Crippen molar-refractivity contribution in [1.29, 1.82) is 0 Å². The van der Waals surface area contributed by atoms with E-state index in [1.165, 1.54) is 0 Å². The molecule has 0 aromatic carbocycles. The first kappa shape index (κ1) is 9.41. The van der Waals surface area contributed by atoms with Crippen LogP contribution in [0.15, 0.2) is 29.2 Å². The lowest BCUT2D eigenvalue weighted by Crippen LogP contribution is -2.63. The first-order valence-electron chi connectivity index (χ1n) is 4.99. The van der Waals surface area contributed by atoms with Gasteiger partial charge in [-0.2, -0.15) is 0 Å². The summed E-state index contributed by atoms with van der Waals surface area (Å²) in [5, 5.41) is 0. The zero-order valence-electron chi connectivity index (χ0n) is 8.55. The predicted molar refractivity (Wildman–Crippen MR) is 55.2 cm³/mol. The number of nitrogens with two attached hydrogens (primary N) is 1. The molecule has 0 saturated carbocycles. The van der Waals surface area contributed by atoms with Gasteiger partial charge in [0.1, 0.15) is 12.0 Å². The zero-order valence-corrected chi connectivity index (χ0v) is 8.55. The summed E-state index contributed by atoms with van der Waals surface area (Å²) in [4.78, 5) is 17.3. The van der Waals surface area contributed by atoms with Gasteiger partial charge in [0.05, 0.1) is 13.2 Å². The number of hydrogen-bond acceptors (Lipinski definition) is 5. The lowest BCUT2D eigenvalue weighted by atomic mass is 9.97. The van der Waals surface area contributed by atoms with Crippen LogP contribution in [0.2, 0.25) is 0 Å². The lowest BCUT2D eigenvalue weighted by Gasteiger charge is -2.46. The third-order valence-electron chi connectivity index (χ3n) is 2.84. The highest BCUT2D eigenvalue weighted by atomic mass is 16.6. The minimum absolute atomic E-state index is 0.288. The molecule has 16 heavy (non-hydrogen) atoms. The third kappa shape index (κ3) is 1.16. The average Bonchev–Trinajstić information content (AvgIpc) is 2.25. The fourth-order valence-corrected chi connectivity index (χ4v) is 1.92. The molecule has 0 unspecified atom stereocenters. The third-order valence-corrected chi connectivity index (χ3v) is 2.84. The summed E-state index contributed by atoms with van der Waals surface area (Å²) in [6, 6.07) is 0. The molecule has 0 bridgehead atoms. The molecular weight excluding hydrogens is 210 g/mol. The van der Waals surface area contributed by atoms with Crippen LogP contribution in [-0.4, -0.2) is 42.0 Å². The Labute approximate surface area is 92.0 Å². The molecule has 3 aliphatic rings. The van der Waals surface area contributed by atoms with Gasteiger partial charge in [-0.3, -0.25) is 4.79 Å². The normalized spacial score (nSPS) is 25.1. The number of rotatable bonds is 1. The first-order valence-corrected chi connectivity index (χ1v) is 4.99. The van der Waals surface area contributed by atoms with Gasteiger partial charge in [0, 0.05) is 12.7 Å². The standard InChI is InChI=1S/C10H11N3O3/c11-8(14)7-1-2-13-3-4-16-10(5-15-6-10)9(13)12-7/h1,3-4H,2,5-6H2,(H2,11,14). The van der Waals surface area contributed by atoms with Crippen molar-refractivity contribution < 1.29 is 14.3 Å². The SMILES string of the molecule is NC(=O)C1=CCN2C=COC3(COC3)C2=N1. The second-order valence-electron chi connectivity index (χ2n) is 3.93. The fraction of sp³-hybridized carbons (Fsp3) is 0.400. The molecule has 84 valence electrons. The molecule has 1 fully saturated rings. The molecule has 0 aliphatic carbocycles. The second kappa shape index (κ2) is 3.08. The molecule has 1 amide bonds. The Morgan fingerprint density at radius 2 is 2.38 bits per heavy atom. The molecule has 0 aromatic rings. The molecule has 3 rings (SSSR count). The van der Waals surface area contributed by atoms with Crippen molar-refractivity contribution in [2.45, 2.75) is 5.60 Å². The van der Waals surface area contributed by atoms with Gasteiger partial charge >= 0.3 is 0 Å². The van der Waals surface area contributed by atoms with E-state index in [2.05, 4.69) is 4.99 Å². The topological polar surface area (TPSA) is 77.2 Å². The van der Waals surface area contributed by atoms with E-state index in [-0.39, 0.29) is 5.70 Å². The Hall–Kier alpha value is -1.82. The fourth-order valence-electron chi connectivity index (χ4n) is 1.92. The molecule has 0 radical (unpaired) electrons. The summed E-state index contributed by atoms with van der Waals surface area (Å²) in [5.74, 6) is 0.189. The molecule has 0 atom stereocenters. The van der Waals surface area contributed by atoms with Crippen molar-refractivity contribution in [2.24, 2.45) is 10.7 Å². The van der Waals surface area contributed by atoms with Gasteiger partial charge < -0.3 is 20.1 Å². The number of ether oxygens (including phenoxy) is 2. The number of carbonyl (C=O) groups excluding carboxylic acids is 1. The van der Waals surface area contributed by atoms with E-state index in [4.69, 9.17) is 15.2 Å². The number of nitrogens with zero attached hydrogens (tertiary/aromatic N) is 2. The molecule has 6 nitrogen and oxygen atoms in total. The van der Waals surface area contributed by atoms with Crippen molar-refractivity contribution in [3.05, 3.63) is 24.2 Å². The van der Waals surface area contributed by atoms with E-state index >= 15 is 0 Å². The highest BCUT2D eigenvalue weighted by Crippen LogP contribution is 2.31. The molecule has 1 saturated heterocycles. The Kier molecular flexibility index (Phi) is 1.81. The van der Waals surface area contributed by atoms with Crippen LogP contribution in [0.1, 0.15) is 0 Å². The van der Waals surface area contributed by atoms with Gasteiger partial charge in [0.15, 0.2) is 5.84 Å². The Morgan fingerprint density at radius 3 is 3.00 bits per heavy atom. The van der Waals surface area contributed by atoms with E-state index in [0.29, 0.717) is 25.6 Å². The van der Waals surface area contributed by atoms with Crippen LogP contribution in [-0.2, 0) is 14.3 Å². The summed E-state index contributed by atoms with van der Waals surface area (Å²) < 4.78 is 10.7. The minimum Gasteiger partial charge on any atom is -0.481 e. The Bertz CT molecular complexity index is 435. The van der Waals surface area contributed by atoms with Crippen molar-refractivity contribution >= 4 is 11.7 Å². The van der Waals surface area contributed by atoms with Gasteiger partial charge in [-0.15, -0.1) is 0 Å². The van der Waals surface area contributed by atoms with Crippen LogP contribution in [0.4, 0.5) is 0 Å². The van der Waals surface area contributed by atoms with Crippen molar-refractivity contribution in [2.75, 3.05) is 19.8 Å². The number of fused-ring (bicyclic) bond motifs is 2. The van der Waals surface area contributed by atoms with Gasteiger partial charge in [0.2, 0.25) is 5.60 Å². The van der Waals surface area contributed by atoms with Crippen LogP contribution in [0.25, 0.3) is 0 Å². The van der Waals surface area contributed by atoms with Gasteiger partial charge in [-0.1, -0.05) is 0 Å². The summed E-state index contributed by atoms with van der Waals surface area (Å²) in [7, 11) is 0. The maximum absolute atomic E-state index is 11.1. The zero-order chi connectivity index (χ0) is 11.2. The largest absolute Gasteiger partial charge is 0.481 e. The average molecular weight is 221 g/mol. The molecular formula is C10H11N3O3. The first-order chi connectivity index (χ1) is 7.71. The van der Waals surface area contributed by atoms with Crippen LogP contribution in [0.3, 0.4) is 0 Å². The minimum atomic E-state index is -0.524. The van der Waals surface area contributed by atoms with Gasteiger partial charge in [-0.05, 0) is 6.08 Å². The number of amidine groups is 1. The van der Waals surface area contributed by atoms with E-state index < -0.39 is 11.5 Å². The van der Waals surface area contributed by atoms with E-state index in [9.17, 15) is 4.79 Å². The van der Waals surface area contributed by atoms with Crippen LogP contribution in [0, 0.1) is 0 Å². The second-order valence-corrected chi connectivity index (χ2v) is 3.93. The van der Waals surface area contributed by atoms with Crippen LogP contribution >= 0.6 is 0 Å². The van der Waals surface area contributed by atoms with Crippen molar-refractivity contribution in [3.8, 4) is 0 Å². The maximum atomic E-state index is 11.1. The monoisotopic (exact) mass is 221 g/mol. The van der Waals surface area contributed by atoms with Gasteiger partial charge in [-0.25, -0.2) is 4.99 Å². The summed E-state index contributed by atoms with van der Waals surface area (Å²) in [6.07, 6.45) is 5.12. The predicted octanol–water partition coefficient (Wildman–Crippen LogP) is -0.660. The number of primary amides is 1. The number of carbonyl (C=O) groups is 1. The quantitative estimate of drug-likeness (QED) is 0.637. The molecule has 3 aliphatic heterocycles. The summed E-state index contributed by atoms with van der Waals surface area (Å²) in [6.45, 7) is 1.50. The molecule has 2 N–H and O–H groups in total. The van der Waals surface area contributed by atoms with E-state index in [1.54, 1.807) is 18.5 Å². The van der Waals surface area contributed by atoms with Crippen LogP contribution in [0.5, 0.6) is 0 Å². The molecule has 1 spiro atoms. The van der Waals surface area contributed by atoms with Crippen molar-refractivity contribution in [3.63, 3.8) is 0 Å². The summed E-state index contributed by atoms with van der Waals surface area (Å²) in [5.41, 5.74) is 4.98. The summed E-state index contributed by atoms with van der Waals surface area (Å²) >= 11 is 0. The van der Waals surface area contributed by atoms with Gasteiger partial charge in [0.25, 0.3) is 5.91 Å². The highest BCUT2D eigenvalue weighted by Gasteiger charge is 2.50. The highest BCUT2D eigenvalue weighted by molar-refractivity contribution is 6.01. The molecule has 3 heterocycles. The van der Waals surface area contributed by atoms with Crippen molar-refractivity contribution in [1.82, 2.24) is 4.90 Å². The van der Waals surface area contributed by atoms with E-state index in [1.807, 2.05) is 4.90 Å². The molecule has 6 heteroatoms. The number of aliphatic imine (C=N–C) groups is 1. The Balaban J connectivity index is 2.00. The number of hydrogen-bond donors (Lipinski definition) is 1.